The second-order valence-corrected chi connectivity index (χ2v) is 7.62. The summed E-state index contributed by atoms with van der Waals surface area (Å²) in [5.74, 6) is -0.507. The van der Waals surface area contributed by atoms with E-state index in [-0.39, 0.29) is 22.8 Å². The maximum atomic E-state index is 14.6. The van der Waals surface area contributed by atoms with Crippen LogP contribution in [0.15, 0.2) is 23.1 Å². The number of ether oxygens (including phenoxy) is 1. The Bertz CT molecular complexity index is 491. The number of hydrogen-bond acceptors (Lipinski definition) is 3. The van der Waals surface area contributed by atoms with Gasteiger partial charge in [0.15, 0.2) is 0 Å². The van der Waals surface area contributed by atoms with Gasteiger partial charge in [-0.15, -0.1) is 0 Å². The molecule has 0 aromatic heterocycles. The first-order valence-corrected chi connectivity index (χ1v) is 8.13. The van der Waals surface area contributed by atoms with Gasteiger partial charge < -0.3 is 4.74 Å². The van der Waals surface area contributed by atoms with Gasteiger partial charge in [0.05, 0.1) is 11.0 Å². The van der Waals surface area contributed by atoms with Crippen molar-refractivity contribution < 1.29 is 17.5 Å². The first-order valence-electron chi connectivity index (χ1n) is 5.83. The Morgan fingerprint density at radius 1 is 1.50 bits per heavy atom. The highest BCUT2D eigenvalue weighted by Gasteiger charge is 2.51. The second kappa shape index (κ2) is 4.62. The van der Waals surface area contributed by atoms with Crippen LogP contribution < -0.4 is 0 Å². The highest BCUT2D eigenvalue weighted by molar-refractivity contribution is 8.17. The van der Waals surface area contributed by atoms with E-state index in [9.17, 15) is 12.8 Å². The van der Waals surface area contributed by atoms with Crippen molar-refractivity contribution in [2.75, 3.05) is 7.11 Å². The molecule has 0 aromatic rings. The molecule has 0 bridgehead atoms. The maximum Gasteiger partial charge on any atom is 0.260 e. The third-order valence-corrected chi connectivity index (χ3v) is 5.18. The molecule has 0 saturated heterocycles. The molecule has 1 saturated carbocycles. The van der Waals surface area contributed by atoms with E-state index < -0.39 is 14.7 Å². The first-order chi connectivity index (χ1) is 8.26. The highest BCUT2D eigenvalue weighted by Crippen LogP contribution is 2.48. The van der Waals surface area contributed by atoms with Crippen LogP contribution in [0.2, 0.25) is 0 Å². The SMILES string of the molecule is CO[C@H]1C[C@@](F)(C2C=CC(S(=O)(=O)Cl)=CC2C)C1. The van der Waals surface area contributed by atoms with Crippen molar-refractivity contribution in [2.24, 2.45) is 11.8 Å². The molecule has 0 spiro atoms. The number of alkyl halides is 1. The van der Waals surface area contributed by atoms with Gasteiger partial charge in [-0.05, 0) is 12.0 Å². The van der Waals surface area contributed by atoms with Crippen molar-refractivity contribution in [3.8, 4) is 0 Å². The average Bonchev–Trinajstić information content (AvgIpc) is 2.23. The van der Waals surface area contributed by atoms with Gasteiger partial charge in [-0.1, -0.05) is 19.1 Å². The Morgan fingerprint density at radius 3 is 2.56 bits per heavy atom. The number of methoxy groups -OCH3 is 1. The summed E-state index contributed by atoms with van der Waals surface area (Å²) >= 11 is 0. The zero-order valence-corrected chi connectivity index (χ0v) is 11.8. The second-order valence-electron chi connectivity index (χ2n) is 5.05. The lowest BCUT2D eigenvalue weighted by Crippen LogP contribution is -2.51. The van der Waals surface area contributed by atoms with Crippen LogP contribution >= 0.6 is 10.7 Å². The molecule has 2 aliphatic rings. The Hall–Kier alpha value is -0.390. The molecule has 6 heteroatoms. The first kappa shape index (κ1) is 14.0. The molecule has 1 fully saturated rings. The third kappa shape index (κ3) is 2.49. The predicted molar refractivity (Wildman–Crippen MR) is 68.5 cm³/mol. The standard InChI is InChI=1S/C12H16ClFO3S/c1-8-5-10(18(13,15)16)3-4-11(8)12(14)6-9(7-12)17-2/h3-5,8-9,11H,6-7H2,1-2H3/t8?,9-,11?,12-. The van der Waals surface area contributed by atoms with E-state index >= 15 is 0 Å². The molecular weight excluding hydrogens is 279 g/mol. The summed E-state index contributed by atoms with van der Waals surface area (Å²) < 4.78 is 42.1. The summed E-state index contributed by atoms with van der Waals surface area (Å²) in [6.07, 6.45) is 5.23. The van der Waals surface area contributed by atoms with Gasteiger partial charge in [0, 0.05) is 36.6 Å². The van der Waals surface area contributed by atoms with Crippen LogP contribution in [0.25, 0.3) is 0 Å². The van der Waals surface area contributed by atoms with Crippen LogP contribution in [0.3, 0.4) is 0 Å². The average molecular weight is 295 g/mol. The largest absolute Gasteiger partial charge is 0.381 e. The molecule has 3 nitrogen and oxygen atoms in total. The van der Waals surface area contributed by atoms with Crippen molar-refractivity contribution in [3.63, 3.8) is 0 Å². The number of allylic oxidation sites excluding steroid dienone is 3. The monoisotopic (exact) mass is 294 g/mol. The van der Waals surface area contributed by atoms with Crippen LogP contribution in [-0.2, 0) is 13.8 Å². The lowest BCUT2D eigenvalue weighted by molar-refractivity contribution is -0.105. The van der Waals surface area contributed by atoms with Gasteiger partial charge in [-0.2, -0.15) is 0 Å². The van der Waals surface area contributed by atoms with Gasteiger partial charge >= 0.3 is 0 Å². The van der Waals surface area contributed by atoms with Gasteiger partial charge in [0.25, 0.3) is 9.05 Å². The van der Waals surface area contributed by atoms with E-state index in [0.717, 1.165) is 0 Å². The Morgan fingerprint density at radius 2 is 2.11 bits per heavy atom. The van der Waals surface area contributed by atoms with E-state index in [1.54, 1.807) is 20.1 Å². The summed E-state index contributed by atoms with van der Waals surface area (Å²) in [5, 5.41) is 0. The van der Waals surface area contributed by atoms with E-state index in [0.29, 0.717) is 12.8 Å². The zero-order chi connectivity index (χ0) is 13.6. The fourth-order valence-electron chi connectivity index (χ4n) is 2.73. The summed E-state index contributed by atoms with van der Waals surface area (Å²) in [5.41, 5.74) is -1.30. The molecule has 0 amide bonds. The minimum atomic E-state index is -3.73. The van der Waals surface area contributed by atoms with Crippen molar-refractivity contribution in [3.05, 3.63) is 23.1 Å². The molecular formula is C12H16ClFO3S. The molecule has 2 rings (SSSR count). The van der Waals surface area contributed by atoms with E-state index in [2.05, 4.69) is 0 Å². The fraction of sp³-hybridized carbons (Fsp3) is 0.667. The summed E-state index contributed by atoms with van der Waals surface area (Å²) in [4.78, 5) is 0.0548. The van der Waals surface area contributed by atoms with Gasteiger partial charge in [0.1, 0.15) is 5.67 Å². The predicted octanol–water partition coefficient (Wildman–Crippen LogP) is 2.78. The molecule has 2 aliphatic carbocycles. The molecule has 0 heterocycles. The van der Waals surface area contributed by atoms with E-state index in [1.165, 1.54) is 12.2 Å². The number of rotatable bonds is 3. The van der Waals surface area contributed by atoms with Crippen LogP contribution in [0.1, 0.15) is 19.8 Å². The lowest BCUT2D eigenvalue weighted by Gasteiger charge is -2.46. The van der Waals surface area contributed by atoms with Gasteiger partial charge in [-0.3, -0.25) is 0 Å². The smallest absolute Gasteiger partial charge is 0.260 e. The van der Waals surface area contributed by atoms with Crippen LogP contribution in [0, 0.1) is 11.8 Å². The normalized spacial score (nSPS) is 40.2. The molecule has 0 N–H and O–H groups in total. The molecule has 18 heavy (non-hydrogen) atoms. The van der Waals surface area contributed by atoms with Crippen molar-refractivity contribution >= 4 is 19.7 Å². The van der Waals surface area contributed by atoms with Gasteiger partial charge in [0.2, 0.25) is 0 Å². The Balaban J connectivity index is 2.13. The van der Waals surface area contributed by atoms with Crippen LogP contribution in [-0.4, -0.2) is 27.3 Å². The topological polar surface area (TPSA) is 43.4 Å². The molecule has 0 aliphatic heterocycles. The number of hydrogen-bond donors (Lipinski definition) is 0. The fourth-order valence-corrected chi connectivity index (χ4v) is 3.66. The molecule has 2 atom stereocenters. The zero-order valence-electron chi connectivity index (χ0n) is 10.3. The van der Waals surface area contributed by atoms with Crippen molar-refractivity contribution in [2.45, 2.75) is 31.5 Å². The molecule has 2 unspecified atom stereocenters. The van der Waals surface area contributed by atoms with Crippen molar-refractivity contribution in [1.82, 2.24) is 0 Å². The van der Waals surface area contributed by atoms with Crippen LogP contribution in [0.5, 0.6) is 0 Å². The van der Waals surface area contributed by atoms with Crippen molar-refractivity contribution in [1.29, 1.82) is 0 Å². The minimum absolute atomic E-state index is 0.0299. The molecule has 0 radical (unpaired) electrons. The lowest BCUT2D eigenvalue weighted by atomic mass is 9.65. The summed E-state index contributed by atoms with van der Waals surface area (Å²) in [6.45, 7) is 1.80. The molecule has 102 valence electrons. The Kier molecular flexibility index (Phi) is 3.60. The highest BCUT2D eigenvalue weighted by atomic mass is 35.7. The quantitative estimate of drug-likeness (QED) is 0.752. The Labute approximate surface area is 111 Å². The van der Waals surface area contributed by atoms with E-state index in [4.69, 9.17) is 15.4 Å². The van der Waals surface area contributed by atoms with Crippen LogP contribution in [0.4, 0.5) is 4.39 Å². The maximum absolute atomic E-state index is 14.6. The van der Waals surface area contributed by atoms with E-state index in [1.807, 2.05) is 0 Å². The summed E-state index contributed by atoms with van der Waals surface area (Å²) in [6, 6.07) is 0. The molecule has 0 aromatic carbocycles. The summed E-state index contributed by atoms with van der Waals surface area (Å²) in [7, 11) is 3.11. The number of halogens is 2. The third-order valence-electron chi connectivity index (χ3n) is 3.81. The minimum Gasteiger partial charge on any atom is -0.381 e. The van der Waals surface area contributed by atoms with Gasteiger partial charge in [-0.25, -0.2) is 12.8 Å².